The summed E-state index contributed by atoms with van der Waals surface area (Å²) in [6.07, 6.45) is 3.45. The third-order valence-corrected chi connectivity index (χ3v) is 2.04. The second-order valence-corrected chi connectivity index (χ2v) is 3.18. The van der Waals surface area contributed by atoms with Gasteiger partial charge in [0.2, 0.25) is 5.76 Å². The Kier molecular flexibility index (Phi) is 2.63. The molecule has 2 N–H and O–H groups in total. The topological polar surface area (TPSA) is 80.3 Å². The summed E-state index contributed by atoms with van der Waals surface area (Å²) in [6, 6.07) is 2.96. The highest BCUT2D eigenvalue weighted by atomic mass is 16.4. The zero-order valence-electron chi connectivity index (χ0n) is 8.67. The first-order chi connectivity index (χ1) is 7.69. The number of hydrogen-bond donors (Lipinski definition) is 2. The zero-order chi connectivity index (χ0) is 11.5. The SMILES string of the molecule is CCn1cc(Nc2ccc(C(=O)O)o2)cn1. The highest BCUT2D eigenvalue weighted by molar-refractivity contribution is 5.85. The van der Waals surface area contributed by atoms with Crippen LogP contribution in [-0.2, 0) is 6.54 Å². The monoisotopic (exact) mass is 221 g/mol. The maximum atomic E-state index is 10.6. The summed E-state index contributed by atoms with van der Waals surface area (Å²) in [6.45, 7) is 2.76. The lowest BCUT2D eigenvalue weighted by Crippen LogP contribution is -1.93. The molecule has 0 radical (unpaired) electrons. The van der Waals surface area contributed by atoms with Crippen LogP contribution in [0.5, 0.6) is 0 Å². The summed E-state index contributed by atoms with van der Waals surface area (Å²) >= 11 is 0. The largest absolute Gasteiger partial charge is 0.475 e. The Morgan fingerprint density at radius 2 is 2.44 bits per heavy atom. The normalized spacial score (nSPS) is 10.3. The third-order valence-electron chi connectivity index (χ3n) is 2.04. The molecule has 0 aliphatic heterocycles. The molecule has 2 rings (SSSR count). The number of nitrogens with one attached hydrogen (secondary N) is 1. The van der Waals surface area contributed by atoms with Crippen molar-refractivity contribution < 1.29 is 14.3 Å². The van der Waals surface area contributed by atoms with Gasteiger partial charge in [0.25, 0.3) is 0 Å². The van der Waals surface area contributed by atoms with Crippen molar-refractivity contribution in [1.29, 1.82) is 0 Å². The number of anilines is 2. The molecule has 16 heavy (non-hydrogen) atoms. The van der Waals surface area contributed by atoms with E-state index >= 15 is 0 Å². The van der Waals surface area contributed by atoms with E-state index in [1.807, 2.05) is 13.1 Å². The van der Waals surface area contributed by atoms with Crippen molar-refractivity contribution in [2.75, 3.05) is 5.32 Å². The average Bonchev–Trinajstić information content (AvgIpc) is 2.87. The van der Waals surface area contributed by atoms with Crippen LogP contribution >= 0.6 is 0 Å². The van der Waals surface area contributed by atoms with Crippen LogP contribution in [0.3, 0.4) is 0 Å². The smallest absolute Gasteiger partial charge is 0.371 e. The van der Waals surface area contributed by atoms with Gasteiger partial charge >= 0.3 is 5.97 Å². The highest BCUT2D eigenvalue weighted by Gasteiger charge is 2.09. The third kappa shape index (κ3) is 2.05. The number of aryl methyl sites for hydroxylation is 1. The van der Waals surface area contributed by atoms with E-state index in [2.05, 4.69) is 10.4 Å². The van der Waals surface area contributed by atoms with Gasteiger partial charge < -0.3 is 14.8 Å². The van der Waals surface area contributed by atoms with Gasteiger partial charge in [0.05, 0.1) is 11.9 Å². The van der Waals surface area contributed by atoms with Gasteiger partial charge in [-0.2, -0.15) is 5.10 Å². The summed E-state index contributed by atoms with van der Waals surface area (Å²) in [7, 11) is 0. The Hall–Kier alpha value is -2.24. The van der Waals surface area contributed by atoms with Crippen molar-refractivity contribution in [3.05, 3.63) is 30.3 Å². The maximum absolute atomic E-state index is 10.6. The van der Waals surface area contributed by atoms with E-state index in [0.717, 1.165) is 12.2 Å². The standard InChI is InChI=1S/C10H11N3O3/c1-2-13-6-7(5-11-13)12-9-4-3-8(16-9)10(14)15/h3-6,12H,2H2,1H3,(H,14,15). The van der Waals surface area contributed by atoms with Crippen molar-refractivity contribution in [2.24, 2.45) is 0 Å². The molecule has 84 valence electrons. The lowest BCUT2D eigenvalue weighted by atomic mass is 10.4. The molecular weight excluding hydrogens is 210 g/mol. The second-order valence-electron chi connectivity index (χ2n) is 3.18. The van der Waals surface area contributed by atoms with Gasteiger partial charge in [-0.15, -0.1) is 0 Å². The van der Waals surface area contributed by atoms with Crippen molar-refractivity contribution in [2.45, 2.75) is 13.5 Å². The van der Waals surface area contributed by atoms with Crippen molar-refractivity contribution >= 4 is 17.5 Å². The summed E-state index contributed by atoms with van der Waals surface area (Å²) in [5.74, 6) is -0.796. The minimum absolute atomic E-state index is 0.0922. The van der Waals surface area contributed by atoms with E-state index in [9.17, 15) is 4.79 Å². The van der Waals surface area contributed by atoms with E-state index in [4.69, 9.17) is 9.52 Å². The van der Waals surface area contributed by atoms with Crippen LogP contribution in [0.15, 0.2) is 28.9 Å². The Labute approximate surface area is 91.5 Å². The number of furan rings is 1. The molecule has 0 fully saturated rings. The summed E-state index contributed by atoms with van der Waals surface area (Å²) in [5, 5.41) is 15.7. The van der Waals surface area contributed by atoms with Gasteiger partial charge in [-0.05, 0) is 13.0 Å². The van der Waals surface area contributed by atoms with Crippen molar-refractivity contribution in [3.63, 3.8) is 0 Å². The second kappa shape index (κ2) is 4.09. The fourth-order valence-electron chi connectivity index (χ4n) is 1.26. The first-order valence-corrected chi connectivity index (χ1v) is 4.81. The molecule has 6 heteroatoms. The molecule has 0 saturated carbocycles. The maximum Gasteiger partial charge on any atom is 0.371 e. The molecule has 6 nitrogen and oxygen atoms in total. The quantitative estimate of drug-likeness (QED) is 0.824. The van der Waals surface area contributed by atoms with Gasteiger partial charge in [0, 0.05) is 18.8 Å². The minimum atomic E-state index is -1.09. The summed E-state index contributed by atoms with van der Waals surface area (Å²) in [5.41, 5.74) is 0.758. The van der Waals surface area contributed by atoms with Crippen molar-refractivity contribution in [1.82, 2.24) is 9.78 Å². The van der Waals surface area contributed by atoms with Crippen LogP contribution in [0.25, 0.3) is 0 Å². The number of hydrogen-bond acceptors (Lipinski definition) is 4. The average molecular weight is 221 g/mol. The highest BCUT2D eigenvalue weighted by Crippen LogP contribution is 2.18. The fourth-order valence-corrected chi connectivity index (χ4v) is 1.26. The molecule has 0 spiro atoms. The van der Waals surface area contributed by atoms with Crippen molar-refractivity contribution in [3.8, 4) is 0 Å². The fraction of sp³-hybridized carbons (Fsp3) is 0.200. The zero-order valence-corrected chi connectivity index (χ0v) is 8.67. The predicted molar refractivity (Wildman–Crippen MR) is 56.9 cm³/mol. The predicted octanol–water partition coefficient (Wildman–Crippen LogP) is 1.94. The van der Waals surface area contributed by atoms with Crippen LogP contribution in [0.4, 0.5) is 11.6 Å². The molecule has 0 aliphatic carbocycles. The van der Waals surface area contributed by atoms with E-state index < -0.39 is 5.97 Å². The van der Waals surface area contributed by atoms with Gasteiger partial charge in [0.15, 0.2) is 5.88 Å². The van der Waals surface area contributed by atoms with E-state index in [1.165, 1.54) is 6.07 Å². The van der Waals surface area contributed by atoms with Gasteiger partial charge in [-0.3, -0.25) is 4.68 Å². The molecule has 0 aliphatic rings. The van der Waals surface area contributed by atoms with Crippen LogP contribution in [0.2, 0.25) is 0 Å². The Bertz CT molecular complexity index is 501. The number of aromatic carboxylic acids is 1. The minimum Gasteiger partial charge on any atom is -0.475 e. The van der Waals surface area contributed by atoms with E-state index in [0.29, 0.717) is 5.88 Å². The Balaban J connectivity index is 2.11. The summed E-state index contributed by atoms with van der Waals surface area (Å²) in [4.78, 5) is 10.6. The van der Waals surface area contributed by atoms with Crippen LogP contribution in [-0.4, -0.2) is 20.9 Å². The first kappa shape index (κ1) is 10.3. The van der Waals surface area contributed by atoms with Gasteiger partial charge in [-0.1, -0.05) is 0 Å². The molecule has 0 aromatic carbocycles. The Morgan fingerprint density at radius 1 is 1.62 bits per heavy atom. The van der Waals surface area contributed by atoms with Gasteiger partial charge in [-0.25, -0.2) is 4.79 Å². The van der Waals surface area contributed by atoms with E-state index in [1.54, 1.807) is 16.9 Å². The molecule has 0 amide bonds. The van der Waals surface area contributed by atoms with Crippen LogP contribution in [0, 0.1) is 0 Å². The van der Waals surface area contributed by atoms with Crippen LogP contribution < -0.4 is 5.32 Å². The molecule has 2 aromatic heterocycles. The lowest BCUT2D eigenvalue weighted by molar-refractivity contribution is 0.0663. The number of nitrogens with zero attached hydrogens (tertiary/aromatic N) is 2. The van der Waals surface area contributed by atoms with Gasteiger partial charge in [0.1, 0.15) is 0 Å². The number of carboxylic acid groups (broad SMARTS) is 1. The Morgan fingerprint density at radius 3 is 3.00 bits per heavy atom. The molecular formula is C10H11N3O3. The molecule has 0 atom stereocenters. The lowest BCUT2D eigenvalue weighted by Gasteiger charge is -1.97. The van der Waals surface area contributed by atoms with E-state index in [-0.39, 0.29) is 5.76 Å². The molecule has 2 aromatic rings. The summed E-state index contributed by atoms with van der Waals surface area (Å²) < 4.78 is 6.80. The number of rotatable bonds is 4. The molecule has 2 heterocycles. The molecule has 0 bridgehead atoms. The van der Waals surface area contributed by atoms with Crippen LogP contribution in [0.1, 0.15) is 17.5 Å². The number of aromatic nitrogens is 2. The number of carbonyl (C=O) groups is 1. The number of carboxylic acids is 1. The first-order valence-electron chi connectivity index (χ1n) is 4.81. The molecule has 0 unspecified atom stereocenters. The molecule has 0 saturated heterocycles.